The van der Waals surface area contributed by atoms with Gasteiger partial charge < -0.3 is 15.3 Å². The van der Waals surface area contributed by atoms with Crippen LogP contribution in [0.4, 0.5) is 0 Å². The normalized spacial score (nSPS) is 27.2. The quantitative estimate of drug-likeness (QED) is 0.742. The number of nitrogens with zero attached hydrogens (tertiary/aromatic N) is 2. The highest BCUT2D eigenvalue weighted by Gasteiger charge is 2.39. The Bertz CT molecular complexity index is 604. The molecule has 5 heteroatoms. The molecule has 0 unspecified atom stereocenters. The van der Waals surface area contributed by atoms with Crippen LogP contribution in [0.25, 0.3) is 10.9 Å². The summed E-state index contributed by atoms with van der Waals surface area (Å²) in [4.78, 5) is 6.29. The number of fused-ring (bicyclic) bond motifs is 1. The van der Waals surface area contributed by atoms with Gasteiger partial charge in [0, 0.05) is 24.7 Å². The molecule has 1 saturated heterocycles. The first-order valence-corrected chi connectivity index (χ1v) is 6.74. The lowest BCUT2D eigenvalue weighted by Crippen LogP contribution is -2.38. The highest BCUT2D eigenvalue weighted by molar-refractivity contribution is 5.78. The summed E-state index contributed by atoms with van der Waals surface area (Å²) < 4.78 is 0. The van der Waals surface area contributed by atoms with Gasteiger partial charge >= 0.3 is 0 Å². The lowest BCUT2D eigenvalue weighted by atomic mass is 10.1. The first-order chi connectivity index (χ1) is 9.69. The van der Waals surface area contributed by atoms with Gasteiger partial charge in [0.05, 0.1) is 30.4 Å². The van der Waals surface area contributed by atoms with Crippen LogP contribution in [0.5, 0.6) is 0 Å². The van der Waals surface area contributed by atoms with Crippen molar-refractivity contribution in [2.24, 2.45) is 0 Å². The summed E-state index contributed by atoms with van der Waals surface area (Å²) in [5.41, 5.74) is 1.94. The zero-order valence-electron chi connectivity index (χ0n) is 11.1. The Labute approximate surface area is 117 Å². The molecule has 0 bridgehead atoms. The van der Waals surface area contributed by atoms with Crippen molar-refractivity contribution in [2.45, 2.75) is 24.8 Å². The van der Waals surface area contributed by atoms with Gasteiger partial charge in [0.15, 0.2) is 0 Å². The van der Waals surface area contributed by atoms with E-state index in [4.69, 9.17) is 0 Å². The highest BCUT2D eigenvalue weighted by atomic mass is 16.3. The average Bonchev–Trinajstić information content (AvgIpc) is 2.73. The second-order valence-electron chi connectivity index (χ2n) is 5.27. The monoisotopic (exact) mass is 274 g/mol. The number of hydrogen-bond acceptors (Lipinski definition) is 5. The number of likely N-dealkylation sites (tertiary alicyclic amines) is 1. The Balaban J connectivity index is 1.82. The number of para-hydroxylation sites is 1. The van der Waals surface area contributed by atoms with Crippen LogP contribution in [0.2, 0.25) is 0 Å². The molecule has 2 heterocycles. The molecule has 106 valence electrons. The van der Waals surface area contributed by atoms with Crippen molar-refractivity contribution in [1.29, 1.82) is 0 Å². The summed E-state index contributed by atoms with van der Waals surface area (Å²) in [6, 6.07) is 9.50. The maximum absolute atomic E-state index is 9.81. The number of benzene rings is 1. The SMILES string of the molecule is OC[C@@H]1[C@@H](O)[C@@H](O)CN1Cc1cnc2ccccc2c1. The molecular weight excluding hydrogens is 256 g/mol. The van der Waals surface area contributed by atoms with Gasteiger partial charge in [-0.25, -0.2) is 0 Å². The van der Waals surface area contributed by atoms with E-state index in [1.807, 2.05) is 35.2 Å². The molecule has 2 aromatic rings. The number of aliphatic hydroxyl groups excluding tert-OH is 3. The van der Waals surface area contributed by atoms with Gasteiger partial charge in [0.2, 0.25) is 0 Å². The molecule has 1 aromatic carbocycles. The minimum absolute atomic E-state index is 0.167. The molecule has 1 aromatic heterocycles. The van der Waals surface area contributed by atoms with Crippen LogP contribution in [0.1, 0.15) is 5.56 Å². The van der Waals surface area contributed by atoms with E-state index >= 15 is 0 Å². The Morgan fingerprint density at radius 1 is 1.25 bits per heavy atom. The second kappa shape index (κ2) is 5.46. The third kappa shape index (κ3) is 2.41. The summed E-state index contributed by atoms with van der Waals surface area (Å²) in [6.45, 7) is 0.746. The van der Waals surface area contributed by atoms with Gasteiger partial charge in [0.25, 0.3) is 0 Å². The van der Waals surface area contributed by atoms with Crippen molar-refractivity contribution in [3.63, 3.8) is 0 Å². The van der Waals surface area contributed by atoms with Crippen molar-refractivity contribution in [3.8, 4) is 0 Å². The van der Waals surface area contributed by atoms with E-state index in [1.165, 1.54) is 0 Å². The van der Waals surface area contributed by atoms with Gasteiger partial charge in [-0.2, -0.15) is 0 Å². The Hall–Kier alpha value is -1.53. The third-order valence-electron chi connectivity index (χ3n) is 3.90. The van der Waals surface area contributed by atoms with Crippen LogP contribution in [0.3, 0.4) is 0 Å². The number of hydrogen-bond donors (Lipinski definition) is 3. The first-order valence-electron chi connectivity index (χ1n) is 6.74. The molecule has 1 aliphatic rings. The summed E-state index contributed by atoms with van der Waals surface area (Å²) in [6.07, 6.45) is 0.0994. The molecule has 1 aliphatic heterocycles. The van der Waals surface area contributed by atoms with Crippen LogP contribution in [-0.4, -0.2) is 56.6 Å². The van der Waals surface area contributed by atoms with E-state index in [0.717, 1.165) is 16.5 Å². The second-order valence-corrected chi connectivity index (χ2v) is 5.27. The van der Waals surface area contributed by atoms with Crippen LogP contribution >= 0.6 is 0 Å². The van der Waals surface area contributed by atoms with Crippen molar-refractivity contribution in [2.75, 3.05) is 13.2 Å². The fourth-order valence-corrected chi connectivity index (χ4v) is 2.80. The van der Waals surface area contributed by atoms with Crippen LogP contribution in [0.15, 0.2) is 36.5 Å². The lowest BCUT2D eigenvalue weighted by molar-refractivity contribution is 0.0210. The largest absolute Gasteiger partial charge is 0.395 e. The predicted octanol–water partition coefficient (Wildman–Crippen LogP) is 0.133. The van der Waals surface area contributed by atoms with Gasteiger partial charge in [0.1, 0.15) is 0 Å². The minimum Gasteiger partial charge on any atom is -0.395 e. The van der Waals surface area contributed by atoms with Crippen LogP contribution in [0, 0.1) is 0 Å². The van der Waals surface area contributed by atoms with Gasteiger partial charge in [-0.3, -0.25) is 9.88 Å². The third-order valence-corrected chi connectivity index (χ3v) is 3.90. The van der Waals surface area contributed by atoms with E-state index in [0.29, 0.717) is 13.1 Å². The number of pyridine rings is 1. The van der Waals surface area contributed by atoms with Gasteiger partial charge in [-0.1, -0.05) is 18.2 Å². The molecule has 0 saturated carbocycles. The molecule has 5 nitrogen and oxygen atoms in total. The molecule has 0 spiro atoms. The molecule has 0 amide bonds. The minimum atomic E-state index is -0.895. The number of aromatic nitrogens is 1. The fourth-order valence-electron chi connectivity index (χ4n) is 2.80. The molecule has 3 rings (SSSR count). The van der Waals surface area contributed by atoms with Crippen molar-refractivity contribution < 1.29 is 15.3 Å². The smallest absolute Gasteiger partial charge is 0.0988 e. The number of rotatable bonds is 3. The van der Waals surface area contributed by atoms with E-state index < -0.39 is 18.2 Å². The predicted molar refractivity (Wildman–Crippen MR) is 75.0 cm³/mol. The number of β-amino-alcohol motifs (C(OH)–C–C–N with tert-alkyl or cyclic N) is 1. The fraction of sp³-hybridized carbons (Fsp3) is 0.400. The molecule has 1 fully saturated rings. The molecular formula is C15H18N2O3. The summed E-state index contributed by atoms with van der Waals surface area (Å²) in [5, 5.41) is 29.9. The zero-order valence-corrected chi connectivity index (χ0v) is 11.1. The van der Waals surface area contributed by atoms with Crippen LogP contribution < -0.4 is 0 Å². The summed E-state index contributed by atoms with van der Waals surface area (Å²) >= 11 is 0. The Morgan fingerprint density at radius 3 is 2.85 bits per heavy atom. The molecule has 3 N–H and O–H groups in total. The molecule has 3 atom stereocenters. The van der Waals surface area contributed by atoms with Gasteiger partial charge in [-0.05, 0) is 17.7 Å². The molecule has 0 aliphatic carbocycles. The van der Waals surface area contributed by atoms with E-state index in [2.05, 4.69) is 4.98 Å². The van der Waals surface area contributed by atoms with Crippen LogP contribution in [-0.2, 0) is 6.54 Å². The molecule has 0 radical (unpaired) electrons. The summed E-state index contributed by atoms with van der Waals surface area (Å²) in [5.74, 6) is 0. The summed E-state index contributed by atoms with van der Waals surface area (Å²) in [7, 11) is 0. The van der Waals surface area contributed by atoms with E-state index in [-0.39, 0.29) is 6.61 Å². The zero-order chi connectivity index (χ0) is 14.1. The van der Waals surface area contributed by atoms with Gasteiger partial charge in [-0.15, -0.1) is 0 Å². The molecule has 20 heavy (non-hydrogen) atoms. The maximum Gasteiger partial charge on any atom is 0.0988 e. The van der Waals surface area contributed by atoms with Crippen molar-refractivity contribution in [3.05, 3.63) is 42.1 Å². The van der Waals surface area contributed by atoms with Crippen molar-refractivity contribution >= 4 is 10.9 Å². The average molecular weight is 274 g/mol. The standard InChI is InChI=1S/C15H18N2O3/c18-9-13-15(20)14(19)8-17(13)7-10-5-11-3-1-2-4-12(11)16-6-10/h1-6,13-15,18-20H,7-9H2/t13-,14+,15-/m1/s1. The first kappa shape index (κ1) is 13.5. The van der Waals surface area contributed by atoms with E-state index in [9.17, 15) is 15.3 Å². The lowest BCUT2D eigenvalue weighted by Gasteiger charge is -2.23. The Kier molecular flexibility index (Phi) is 3.67. The topological polar surface area (TPSA) is 76.8 Å². The Morgan fingerprint density at radius 2 is 2.05 bits per heavy atom. The maximum atomic E-state index is 9.81. The van der Waals surface area contributed by atoms with E-state index in [1.54, 1.807) is 6.20 Å². The van der Waals surface area contributed by atoms with Crippen molar-refractivity contribution in [1.82, 2.24) is 9.88 Å². The number of aliphatic hydroxyl groups is 3. The highest BCUT2D eigenvalue weighted by Crippen LogP contribution is 2.22.